The highest BCUT2D eigenvalue weighted by molar-refractivity contribution is 6.12. The van der Waals surface area contributed by atoms with Crippen molar-refractivity contribution in [3.8, 4) is 0 Å². The van der Waals surface area contributed by atoms with Crippen LogP contribution in [0.5, 0.6) is 0 Å². The number of nitrogens with zero attached hydrogens (tertiary/aromatic N) is 2. The van der Waals surface area contributed by atoms with Gasteiger partial charge in [0.1, 0.15) is 5.78 Å². The molecule has 1 aliphatic carbocycles. The van der Waals surface area contributed by atoms with Crippen LogP contribution in [0.2, 0.25) is 0 Å². The number of carbonyl (C=O) groups excluding carboxylic acids is 2. The first-order chi connectivity index (χ1) is 14.2. The number of aryl methyl sites for hydroxylation is 1. The van der Waals surface area contributed by atoms with Gasteiger partial charge >= 0.3 is 5.97 Å². The Morgan fingerprint density at radius 2 is 2.03 bits per heavy atom. The summed E-state index contributed by atoms with van der Waals surface area (Å²) in [6.45, 7) is 9.28. The van der Waals surface area contributed by atoms with Crippen molar-refractivity contribution in [2.75, 3.05) is 25.1 Å². The Balaban J connectivity index is 1.85. The highest BCUT2D eigenvalue weighted by Crippen LogP contribution is 2.47. The second-order valence-electron chi connectivity index (χ2n) is 9.68. The quantitative estimate of drug-likeness (QED) is 0.694. The van der Waals surface area contributed by atoms with Gasteiger partial charge < -0.3 is 9.64 Å². The van der Waals surface area contributed by atoms with Crippen molar-refractivity contribution in [1.29, 1.82) is 0 Å². The molecule has 2 unspecified atom stereocenters. The van der Waals surface area contributed by atoms with E-state index in [4.69, 9.17) is 9.73 Å². The minimum atomic E-state index is -0.375. The maximum absolute atomic E-state index is 13.3. The molecule has 2 heterocycles. The molecule has 1 fully saturated rings. The van der Waals surface area contributed by atoms with Crippen LogP contribution in [0.15, 0.2) is 34.5 Å². The number of fused-ring (bicyclic) bond motifs is 2. The summed E-state index contributed by atoms with van der Waals surface area (Å²) in [5.41, 5.74) is 5.60. The third kappa shape index (κ3) is 3.59. The first-order valence-electron chi connectivity index (χ1n) is 11.0. The van der Waals surface area contributed by atoms with Crippen LogP contribution in [0.4, 0.5) is 5.69 Å². The summed E-state index contributed by atoms with van der Waals surface area (Å²) >= 11 is 0. The minimum absolute atomic E-state index is 0.1000. The van der Waals surface area contributed by atoms with Gasteiger partial charge in [0.05, 0.1) is 18.1 Å². The fourth-order valence-corrected chi connectivity index (χ4v) is 5.43. The smallest absolute Gasteiger partial charge is 0.336 e. The lowest BCUT2D eigenvalue weighted by Crippen LogP contribution is -2.44. The molecule has 1 aromatic carbocycles. The molecule has 0 bridgehead atoms. The number of ether oxygens (including phenoxy) is 1. The lowest BCUT2D eigenvalue weighted by molar-refractivity contribution is -0.139. The van der Waals surface area contributed by atoms with Crippen molar-refractivity contribution in [3.63, 3.8) is 0 Å². The summed E-state index contributed by atoms with van der Waals surface area (Å²) in [7, 11) is 2.11. The van der Waals surface area contributed by atoms with Gasteiger partial charge in [-0.2, -0.15) is 0 Å². The van der Waals surface area contributed by atoms with Gasteiger partial charge in [0.2, 0.25) is 0 Å². The van der Waals surface area contributed by atoms with Gasteiger partial charge in [-0.3, -0.25) is 9.79 Å². The van der Waals surface area contributed by atoms with Gasteiger partial charge in [-0.1, -0.05) is 26.0 Å². The molecule has 2 aliphatic heterocycles. The Kier molecular flexibility index (Phi) is 5.33. The van der Waals surface area contributed by atoms with Crippen LogP contribution in [-0.4, -0.2) is 37.7 Å². The molecule has 1 saturated carbocycles. The monoisotopic (exact) mass is 408 g/mol. The number of anilines is 1. The largest absolute Gasteiger partial charge is 0.463 e. The van der Waals surface area contributed by atoms with E-state index in [0.29, 0.717) is 24.3 Å². The highest BCUT2D eigenvalue weighted by atomic mass is 16.5. The van der Waals surface area contributed by atoms with Gasteiger partial charge in [0.15, 0.2) is 0 Å². The van der Waals surface area contributed by atoms with E-state index in [0.717, 1.165) is 37.1 Å². The Bertz CT molecular complexity index is 957. The fraction of sp³-hybridized carbons (Fsp3) is 0.560. The predicted molar refractivity (Wildman–Crippen MR) is 119 cm³/mol. The van der Waals surface area contributed by atoms with Crippen LogP contribution in [0, 0.1) is 11.3 Å². The second kappa shape index (κ2) is 7.68. The SMILES string of the molecule is CCOC(=O)C1=C(C)N=C2CC(C)(C)CC(=O)C2C1c1ccc2c(c1)CCCN2C. The molecule has 160 valence electrons. The van der Waals surface area contributed by atoms with Crippen molar-refractivity contribution >= 4 is 23.2 Å². The van der Waals surface area contributed by atoms with Crippen molar-refractivity contribution in [1.82, 2.24) is 0 Å². The van der Waals surface area contributed by atoms with Crippen LogP contribution in [0.3, 0.4) is 0 Å². The molecule has 30 heavy (non-hydrogen) atoms. The van der Waals surface area contributed by atoms with E-state index in [9.17, 15) is 9.59 Å². The number of Topliss-reactive ketones (excluding diaryl/α,β-unsaturated/α-hetero) is 1. The zero-order chi connectivity index (χ0) is 21.6. The normalized spacial score (nSPS) is 25.4. The number of hydrogen-bond acceptors (Lipinski definition) is 5. The Labute approximate surface area is 179 Å². The molecule has 5 nitrogen and oxygen atoms in total. The van der Waals surface area contributed by atoms with Gasteiger partial charge in [0.25, 0.3) is 0 Å². The van der Waals surface area contributed by atoms with Crippen LogP contribution < -0.4 is 4.90 Å². The average Bonchev–Trinajstić information content (AvgIpc) is 2.66. The van der Waals surface area contributed by atoms with E-state index in [2.05, 4.69) is 44.0 Å². The zero-order valence-electron chi connectivity index (χ0n) is 18.7. The number of hydrogen-bond donors (Lipinski definition) is 0. The Morgan fingerprint density at radius 1 is 1.27 bits per heavy atom. The standard InChI is InChI=1S/C25H32N2O3/c1-6-30-24(29)21-15(2)26-18-13-25(3,4)14-20(28)23(18)22(21)17-9-10-19-16(12-17)8-7-11-27(19)5/h9-10,12,22-23H,6-8,11,13-14H2,1-5H3. The molecular weight excluding hydrogens is 376 g/mol. The lowest BCUT2D eigenvalue weighted by Gasteiger charge is -2.41. The Hall–Kier alpha value is -2.43. The summed E-state index contributed by atoms with van der Waals surface area (Å²) in [5.74, 6) is -0.868. The number of esters is 1. The summed E-state index contributed by atoms with van der Waals surface area (Å²) in [5, 5.41) is 0. The lowest BCUT2D eigenvalue weighted by atomic mass is 9.63. The molecule has 5 heteroatoms. The zero-order valence-corrected chi connectivity index (χ0v) is 18.7. The molecule has 0 spiro atoms. The third-order valence-electron chi connectivity index (χ3n) is 6.67. The fourth-order valence-electron chi connectivity index (χ4n) is 5.43. The average molecular weight is 409 g/mol. The predicted octanol–water partition coefficient (Wildman–Crippen LogP) is 4.45. The molecule has 4 rings (SSSR count). The molecule has 1 aromatic rings. The maximum atomic E-state index is 13.3. The van der Waals surface area contributed by atoms with Crippen molar-refractivity contribution in [2.45, 2.75) is 59.3 Å². The van der Waals surface area contributed by atoms with Gasteiger partial charge in [-0.25, -0.2) is 4.79 Å². The number of allylic oxidation sites excluding steroid dienone is 1. The van der Waals surface area contributed by atoms with Crippen molar-refractivity contribution in [3.05, 3.63) is 40.6 Å². The minimum Gasteiger partial charge on any atom is -0.463 e. The van der Waals surface area contributed by atoms with E-state index < -0.39 is 0 Å². The second-order valence-corrected chi connectivity index (χ2v) is 9.68. The maximum Gasteiger partial charge on any atom is 0.336 e. The van der Waals surface area contributed by atoms with Crippen LogP contribution in [0.1, 0.15) is 64.0 Å². The molecule has 0 amide bonds. The van der Waals surface area contributed by atoms with E-state index in [1.807, 2.05) is 13.8 Å². The van der Waals surface area contributed by atoms with E-state index in [-0.39, 0.29) is 29.0 Å². The number of carbonyl (C=O) groups is 2. The van der Waals surface area contributed by atoms with E-state index >= 15 is 0 Å². The summed E-state index contributed by atoms with van der Waals surface area (Å²) in [6, 6.07) is 6.44. The van der Waals surface area contributed by atoms with Crippen molar-refractivity contribution < 1.29 is 14.3 Å². The topological polar surface area (TPSA) is 59.0 Å². The van der Waals surface area contributed by atoms with E-state index in [1.165, 1.54) is 11.3 Å². The first kappa shape index (κ1) is 20.8. The molecule has 3 aliphatic rings. The molecular formula is C25H32N2O3. The molecule has 0 N–H and O–H groups in total. The number of ketones is 1. The van der Waals surface area contributed by atoms with Gasteiger partial charge in [-0.05, 0) is 55.7 Å². The third-order valence-corrected chi connectivity index (χ3v) is 6.67. The Morgan fingerprint density at radius 3 is 2.77 bits per heavy atom. The van der Waals surface area contributed by atoms with Crippen molar-refractivity contribution in [2.24, 2.45) is 16.3 Å². The molecule has 0 radical (unpaired) electrons. The molecule has 0 aromatic heterocycles. The first-order valence-corrected chi connectivity index (χ1v) is 11.0. The van der Waals surface area contributed by atoms with E-state index in [1.54, 1.807) is 0 Å². The van der Waals surface area contributed by atoms with Gasteiger partial charge in [-0.15, -0.1) is 0 Å². The summed E-state index contributed by atoms with van der Waals surface area (Å²) in [6.07, 6.45) is 3.42. The van der Waals surface area contributed by atoms with Gasteiger partial charge in [0, 0.05) is 43.0 Å². The molecule has 0 saturated heterocycles. The van der Waals surface area contributed by atoms with Crippen LogP contribution in [-0.2, 0) is 20.7 Å². The summed E-state index contributed by atoms with van der Waals surface area (Å²) in [4.78, 5) is 33.4. The van der Waals surface area contributed by atoms with Crippen LogP contribution >= 0.6 is 0 Å². The molecule has 2 atom stereocenters. The number of rotatable bonds is 3. The summed E-state index contributed by atoms with van der Waals surface area (Å²) < 4.78 is 5.40. The van der Waals surface area contributed by atoms with Crippen LogP contribution in [0.25, 0.3) is 0 Å². The highest BCUT2D eigenvalue weighted by Gasteiger charge is 2.47. The number of aliphatic imine (C=N–C) groups is 1. The number of benzene rings is 1.